The number of hydrogen-bond acceptors (Lipinski definition) is 4. The van der Waals surface area contributed by atoms with E-state index in [2.05, 4.69) is 37.5 Å². The summed E-state index contributed by atoms with van der Waals surface area (Å²) in [6.45, 7) is 3.91. The van der Waals surface area contributed by atoms with Crippen molar-refractivity contribution >= 4 is 28.4 Å². The Hall–Kier alpha value is -1.24. The lowest BCUT2D eigenvalue weighted by atomic mass is 10.1. The third-order valence-corrected chi connectivity index (χ3v) is 3.64. The Morgan fingerprint density at radius 1 is 1.25 bits per heavy atom. The minimum Gasteiger partial charge on any atom is -0.383 e. The highest BCUT2D eigenvalue weighted by atomic mass is 127. The van der Waals surface area contributed by atoms with E-state index in [1.54, 1.807) is 12.4 Å². The third kappa shape index (κ3) is 1.99. The molecule has 0 aliphatic heterocycles. The van der Waals surface area contributed by atoms with Crippen LogP contribution >= 0.6 is 22.6 Å². The second kappa shape index (κ2) is 4.32. The molecule has 0 atom stereocenters. The molecule has 4 nitrogen and oxygen atoms in total. The van der Waals surface area contributed by atoms with Gasteiger partial charge in [0.1, 0.15) is 5.82 Å². The zero-order chi connectivity index (χ0) is 11.7. The van der Waals surface area contributed by atoms with Crippen LogP contribution in [0.4, 0.5) is 5.82 Å². The van der Waals surface area contributed by atoms with Crippen LogP contribution in [0.25, 0.3) is 11.4 Å². The molecule has 0 saturated carbocycles. The summed E-state index contributed by atoms with van der Waals surface area (Å²) in [6, 6.07) is 1.90. The average Bonchev–Trinajstić information content (AvgIpc) is 2.26. The molecule has 2 rings (SSSR count). The first-order chi connectivity index (χ1) is 7.59. The minimum absolute atomic E-state index is 0.527. The number of rotatable bonds is 1. The second-order valence-corrected chi connectivity index (χ2v) is 4.60. The summed E-state index contributed by atoms with van der Waals surface area (Å²) in [5, 5.41) is 0. The van der Waals surface area contributed by atoms with Gasteiger partial charge in [0.15, 0.2) is 5.82 Å². The first kappa shape index (κ1) is 11.3. The highest BCUT2D eigenvalue weighted by molar-refractivity contribution is 14.1. The first-order valence-electron chi connectivity index (χ1n) is 4.80. The molecule has 0 fully saturated rings. The molecule has 0 unspecified atom stereocenters. The van der Waals surface area contributed by atoms with Gasteiger partial charge in [-0.25, -0.2) is 9.97 Å². The highest BCUT2D eigenvalue weighted by Crippen LogP contribution is 2.23. The molecule has 0 saturated heterocycles. The molecule has 2 aromatic heterocycles. The quantitative estimate of drug-likeness (QED) is 0.817. The van der Waals surface area contributed by atoms with E-state index in [1.807, 2.05) is 19.9 Å². The van der Waals surface area contributed by atoms with Crippen LogP contribution in [0.3, 0.4) is 0 Å². The van der Waals surface area contributed by atoms with Crippen molar-refractivity contribution in [3.05, 3.63) is 33.3 Å². The van der Waals surface area contributed by atoms with E-state index < -0.39 is 0 Å². The molecule has 0 bridgehead atoms. The summed E-state index contributed by atoms with van der Waals surface area (Å²) in [6.07, 6.45) is 3.53. The van der Waals surface area contributed by atoms with E-state index in [0.29, 0.717) is 11.6 Å². The lowest BCUT2D eigenvalue weighted by Gasteiger charge is -2.07. The van der Waals surface area contributed by atoms with Crippen LogP contribution in [0.1, 0.15) is 11.3 Å². The molecule has 16 heavy (non-hydrogen) atoms. The number of anilines is 1. The average molecular weight is 326 g/mol. The molecular formula is C11H11IN4. The largest absolute Gasteiger partial charge is 0.383 e. The lowest BCUT2D eigenvalue weighted by Crippen LogP contribution is -2.02. The van der Waals surface area contributed by atoms with Crippen LogP contribution in [-0.4, -0.2) is 15.0 Å². The molecule has 0 radical (unpaired) electrons. The fraction of sp³-hybridized carbons (Fsp3) is 0.182. The van der Waals surface area contributed by atoms with E-state index >= 15 is 0 Å². The predicted octanol–water partition coefficient (Wildman–Crippen LogP) is 2.34. The smallest absolute Gasteiger partial charge is 0.162 e. The SMILES string of the molecule is Cc1cnccc1-c1nc(C)c(I)c(N)n1. The van der Waals surface area contributed by atoms with Crippen molar-refractivity contribution in [2.45, 2.75) is 13.8 Å². The number of nitrogen functional groups attached to an aromatic ring is 1. The molecule has 5 heteroatoms. The van der Waals surface area contributed by atoms with E-state index in [4.69, 9.17) is 5.73 Å². The Bertz CT molecular complexity index is 516. The van der Waals surface area contributed by atoms with Crippen LogP contribution in [0.2, 0.25) is 0 Å². The Kier molecular flexibility index (Phi) is 3.04. The zero-order valence-corrected chi connectivity index (χ0v) is 11.2. The molecule has 82 valence electrons. The molecule has 2 N–H and O–H groups in total. The molecule has 2 aromatic rings. The summed E-state index contributed by atoms with van der Waals surface area (Å²) >= 11 is 2.15. The van der Waals surface area contributed by atoms with Crippen LogP contribution in [0.5, 0.6) is 0 Å². The molecule has 0 spiro atoms. The van der Waals surface area contributed by atoms with Crippen LogP contribution in [0, 0.1) is 17.4 Å². The number of halogens is 1. The number of pyridine rings is 1. The second-order valence-electron chi connectivity index (χ2n) is 3.52. The molecule has 0 amide bonds. The topological polar surface area (TPSA) is 64.7 Å². The first-order valence-corrected chi connectivity index (χ1v) is 5.88. The molecule has 0 aliphatic rings. The van der Waals surface area contributed by atoms with Gasteiger partial charge in [-0.15, -0.1) is 0 Å². The standard InChI is InChI=1S/C11H11IN4/c1-6-5-14-4-3-8(6)11-15-7(2)9(12)10(13)16-11/h3-5H,1-2H3,(H2,13,15,16). The Balaban J connectivity index is 2.62. The predicted molar refractivity (Wildman–Crippen MR) is 71.9 cm³/mol. The number of aromatic nitrogens is 3. The van der Waals surface area contributed by atoms with Crippen molar-refractivity contribution in [1.29, 1.82) is 0 Å². The van der Waals surface area contributed by atoms with Gasteiger partial charge in [-0.1, -0.05) is 0 Å². The van der Waals surface area contributed by atoms with Crippen molar-refractivity contribution in [3.63, 3.8) is 0 Å². The maximum atomic E-state index is 5.83. The summed E-state index contributed by atoms with van der Waals surface area (Å²) in [4.78, 5) is 12.8. The molecular weight excluding hydrogens is 315 g/mol. The Labute approximate surface area is 107 Å². The molecule has 2 heterocycles. The van der Waals surface area contributed by atoms with Gasteiger partial charge >= 0.3 is 0 Å². The van der Waals surface area contributed by atoms with Crippen molar-refractivity contribution in [3.8, 4) is 11.4 Å². The monoisotopic (exact) mass is 326 g/mol. The van der Waals surface area contributed by atoms with Gasteiger partial charge < -0.3 is 5.73 Å². The van der Waals surface area contributed by atoms with Gasteiger partial charge in [0.25, 0.3) is 0 Å². The fourth-order valence-electron chi connectivity index (χ4n) is 1.43. The van der Waals surface area contributed by atoms with E-state index in [1.165, 1.54) is 0 Å². The van der Waals surface area contributed by atoms with Gasteiger partial charge in [0.05, 0.1) is 9.26 Å². The van der Waals surface area contributed by atoms with Crippen molar-refractivity contribution < 1.29 is 0 Å². The summed E-state index contributed by atoms with van der Waals surface area (Å²) in [7, 11) is 0. The lowest BCUT2D eigenvalue weighted by molar-refractivity contribution is 1.09. The minimum atomic E-state index is 0.527. The number of aryl methyl sites for hydroxylation is 2. The van der Waals surface area contributed by atoms with Crippen molar-refractivity contribution in [1.82, 2.24) is 15.0 Å². The number of nitrogens with two attached hydrogens (primary N) is 1. The van der Waals surface area contributed by atoms with Crippen molar-refractivity contribution in [2.75, 3.05) is 5.73 Å². The van der Waals surface area contributed by atoms with E-state index in [9.17, 15) is 0 Å². The number of hydrogen-bond donors (Lipinski definition) is 1. The third-order valence-electron chi connectivity index (χ3n) is 2.30. The van der Waals surface area contributed by atoms with E-state index in [0.717, 1.165) is 20.4 Å². The summed E-state index contributed by atoms with van der Waals surface area (Å²) < 4.78 is 0.910. The maximum absolute atomic E-state index is 5.83. The van der Waals surface area contributed by atoms with Crippen molar-refractivity contribution in [2.24, 2.45) is 0 Å². The van der Waals surface area contributed by atoms with Gasteiger partial charge in [0.2, 0.25) is 0 Å². The molecule has 0 aliphatic carbocycles. The fourth-order valence-corrected chi connectivity index (χ4v) is 1.67. The Morgan fingerprint density at radius 3 is 2.62 bits per heavy atom. The van der Waals surface area contributed by atoms with Crippen LogP contribution in [-0.2, 0) is 0 Å². The van der Waals surface area contributed by atoms with Gasteiger partial charge in [-0.2, -0.15) is 0 Å². The number of nitrogens with zero attached hydrogens (tertiary/aromatic N) is 3. The summed E-state index contributed by atoms with van der Waals surface area (Å²) in [5.41, 5.74) is 8.75. The van der Waals surface area contributed by atoms with Crippen LogP contribution < -0.4 is 5.73 Å². The Morgan fingerprint density at radius 2 is 2.00 bits per heavy atom. The van der Waals surface area contributed by atoms with Crippen LogP contribution in [0.15, 0.2) is 18.5 Å². The van der Waals surface area contributed by atoms with Gasteiger partial charge in [0, 0.05) is 18.0 Å². The van der Waals surface area contributed by atoms with Gasteiger partial charge in [-0.3, -0.25) is 4.98 Å². The highest BCUT2D eigenvalue weighted by Gasteiger charge is 2.09. The maximum Gasteiger partial charge on any atom is 0.162 e. The normalized spacial score (nSPS) is 10.4. The van der Waals surface area contributed by atoms with E-state index in [-0.39, 0.29) is 0 Å². The van der Waals surface area contributed by atoms with Gasteiger partial charge in [-0.05, 0) is 48.1 Å². The molecule has 0 aromatic carbocycles. The summed E-state index contributed by atoms with van der Waals surface area (Å²) in [5.74, 6) is 1.19. The zero-order valence-electron chi connectivity index (χ0n) is 9.03.